The van der Waals surface area contributed by atoms with E-state index in [0.29, 0.717) is 5.69 Å². The summed E-state index contributed by atoms with van der Waals surface area (Å²) in [5.74, 6) is -4.69. The molecule has 0 radical (unpaired) electrons. The highest BCUT2D eigenvalue weighted by Gasteiger charge is 2.64. The van der Waals surface area contributed by atoms with Crippen LogP contribution >= 0.6 is 23.2 Å². The van der Waals surface area contributed by atoms with Gasteiger partial charge in [-0.15, -0.1) is 0 Å². The number of hydrogen-bond acceptors (Lipinski definition) is 1. The van der Waals surface area contributed by atoms with Gasteiger partial charge >= 0.3 is 11.8 Å². The van der Waals surface area contributed by atoms with E-state index in [1.165, 1.54) is 18.2 Å². The van der Waals surface area contributed by atoms with Gasteiger partial charge in [0.05, 0.1) is 10.0 Å². The molecule has 1 heterocycles. The van der Waals surface area contributed by atoms with Gasteiger partial charge in [-0.1, -0.05) is 62.2 Å². The molecule has 2 aromatic carbocycles. The molecule has 132 valence electrons. The highest BCUT2D eigenvalue weighted by molar-refractivity contribution is 6.42. The standard InChI is InChI=1S/C19H17Cl2F2NO/c1-18(2,3)12-5-7-13(8-6-12)24-16(19(22,23)17(24)25)11-4-9-14(20)15(21)10-11/h4-10,16H,1-3H3. The molecule has 0 N–H and O–H groups in total. The van der Waals surface area contributed by atoms with Crippen molar-refractivity contribution in [1.29, 1.82) is 0 Å². The Bertz CT molecular complexity index is 828. The molecule has 1 fully saturated rings. The molecular formula is C19H17Cl2F2NO. The zero-order valence-corrected chi connectivity index (χ0v) is 15.5. The van der Waals surface area contributed by atoms with Crippen molar-refractivity contribution < 1.29 is 13.6 Å². The Morgan fingerprint density at radius 1 is 1.00 bits per heavy atom. The fourth-order valence-corrected chi connectivity index (χ4v) is 3.23. The van der Waals surface area contributed by atoms with E-state index in [9.17, 15) is 13.6 Å². The number of amides is 1. The van der Waals surface area contributed by atoms with Crippen molar-refractivity contribution in [2.45, 2.75) is 38.2 Å². The average molecular weight is 384 g/mol. The van der Waals surface area contributed by atoms with Crippen LogP contribution in [0.3, 0.4) is 0 Å². The summed E-state index contributed by atoms with van der Waals surface area (Å²) in [5.41, 5.74) is 1.67. The van der Waals surface area contributed by atoms with Gasteiger partial charge in [0, 0.05) is 5.69 Å². The Hall–Kier alpha value is -1.65. The third-order valence-electron chi connectivity index (χ3n) is 4.38. The molecule has 2 nitrogen and oxygen atoms in total. The Kier molecular flexibility index (Phi) is 4.33. The number of carbonyl (C=O) groups is 1. The van der Waals surface area contributed by atoms with Crippen LogP contribution in [0.25, 0.3) is 0 Å². The zero-order chi connectivity index (χ0) is 18.6. The van der Waals surface area contributed by atoms with Crippen LogP contribution in [0.15, 0.2) is 42.5 Å². The molecule has 1 amide bonds. The van der Waals surface area contributed by atoms with Crippen LogP contribution in [0.2, 0.25) is 10.0 Å². The van der Waals surface area contributed by atoms with Gasteiger partial charge in [-0.05, 0) is 40.8 Å². The first-order valence-corrected chi connectivity index (χ1v) is 8.56. The molecule has 0 saturated carbocycles. The second-order valence-corrected chi connectivity index (χ2v) is 7.99. The maximum atomic E-state index is 14.3. The number of alkyl halides is 2. The Morgan fingerprint density at radius 2 is 1.60 bits per heavy atom. The second kappa shape index (κ2) is 5.96. The number of hydrogen-bond donors (Lipinski definition) is 0. The van der Waals surface area contributed by atoms with Crippen LogP contribution in [0.1, 0.15) is 37.9 Å². The number of halogens is 4. The van der Waals surface area contributed by atoms with Crippen molar-refractivity contribution in [2.24, 2.45) is 0 Å². The number of carbonyl (C=O) groups excluding carboxylic acids is 1. The fraction of sp³-hybridized carbons (Fsp3) is 0.316. The van der Waals surface area contributed by atoms with E-state index < -0.39 is 17.9 Å². The van der Waals surface area contributed by atoms with Crippen molar-refractivity contribution in [3.05, 3.63) is 63.6 Å². The van der Waals surface area contributed by atoms with Crippen molar-refractivity contribution in [3.8, 4) is 0 Å². The lowest BCUT2D eigenvalue weighted by atomic mass is 9.85. The van der Waals surface area contributed by atoms with E-state index in [2.05, 4.69) is 20.8 Å². The summed E-state index contributed by atoms with van der Waals surface area (Å²) in [5, 5.41) is 0.456. The van der Waals surface area contributed by atoms with Crippen molar-refractivity contribution in [3.63, 3.8) is 0 Å². The molecule has 1 unspecified atom stereocenters. The highest BCUT2D eigenvalue weighted by atomic mass is 35.5. The summed E-state index contributed by atoms with van der Waals surface area (Å²) in [4.78, 5) is 13.1. The number of rotatable bonds is 2. The predicted molar refractivity (Wildman–Crippen MR) is 96.8 cm³/mol. The first kappa shape index (κ1) is 18.2. The minimum absolute atomic E-state index is 0.0650. The summed E-state index contributed by atoms with van der Waals surface area (Å²) >= 11 is 11.8. The molecule has 0 aromatic heterocycles. The first-order chi connectivity index (χ1) is 11.5. The van der Waals surface area contributed by atoms with E-state index in [1.807, 2.05) is 12.1 Å². The number of β-lactam (4-membered cyclic amide) rings is 1. The Balaban J connectivity index is 1.99. The molecule has 6 heteroatoms. The van der Waals surface area contributed by atoms with Crippen LogP contribution in [-0.2, 0) is 10.2 Å². The van der Waals surface area contributed by atoms with E-state index >= 15 is 0 Å². The molecular weight excluding hydrogens is 367 g/mol. The maximum absolute atomic E-state index is 14.3. The Morgan fingerprint density at radius 3 is 2.12 bits per heavy atom. The lowest BCUT2D eigenvalue weighted by Gasteiger charge is -2.46. The quantitative estimate of drug-likeness (QED) is 0.581. The van der Waals surface area contributed by atoms with E-state index in [-0.39, 0.29) is 21.0 Å². The van der Waals surface area contributed by atoms with Gasteiger partial charge in [-0.2, -0.15) is 8.78 Å². The molecule has 3 rings (SSSR count). The number of benzene rings is 2. The summed E-state index contributed by atoms with van der Waals surface area (Å²) in [6.07, 6.45) is 0. The lowest BCUT2D eigenvalue weighted by molar-refractivity contribution is -0.162. The number of anilines is 1. The van der Waals surface area contributed by atoms with Crippen molar-refractivity contribution in [1.82, 2.24) is 0 Å². The second-order valence-electron chi connectivity index (χ2n) is 7.17. The van der Waals surface area contributed by atoms with Gasteiger partial charge in [0.1, 0.15) is 6.04 Å². The van der Waals surface area contributed by atoms with Gasteiger partial charge in [0.2, 0.25) is 0 Å². The molecule has 0 bridgehead atoms. The SMILES string of the molecule is CC(C)(C)c1ccc(N2C(=O)C(F)(F)C2c2ccc(Cl)c(Cl)c2)cc1. The molecule has 1 atom stereocenters. The molecule has 0 spiro atoms. The van der Waals surface area contributed by atoms with E-state index in [1.54, 1.807) is 12.1 Å². The van der Waals surface area contributed by atoms with E-state index in [4.69, 9.17) is 23.2 Å². The van der Waals surface area contributed by atoms with Gasteiger partial charge in [-0.25, -0.2) is 0 Å². The molecule has 25 heavy (non-hydrogen) atoms. The predicted octanol–water partition coefficient (Wildman–Crippen LogP) is 6.01. The van der Waals surface area contributed by atoms with Crippen LogP contribution in [0.4, 0.5) is 14.5 Å². The highest BCUT2D eigenvalue weighted by Crippen LogP contribution is 2.50. The lowest BCUT2D eigenvalue weighted by Crippen LogP contribution is -2.64. The van der Waals surface area contributed by atoms with Gasteiger partial charge in [0.15, 0.2) is 0 Å². The summed E-state index contributed by atoms with van der Waals surface area (Å²) in [7, 11) is 0. The number of nitrogens with zero attached hydrogens (tertiary/aromatic N) is 1. The van der Waals surface area contributed by atoms with Crippen LogP contribution < -0.4 is 4.90 Å². The van der Waals surface area contributed by atoms with Crippen molar-refractivity contribution in [2.75, 3.05) is 4.90 Å². The third-order valence-corrected chi connectivity index (χ3v) is 5.12. The van der Waals surface area contributed by atoms with Crippen LogP contribution in [0, 0.1) is 0 Å². The average Bonchev–Trinajstić information content (AvgIpc) is 2.54. The normalized spacial score (nSPS) is 19.7. The summed E-state index contributed by atoms with van der Waals surface area (Å²) in [6.45, 7) is 6.18. The maximum Gasteiger partial charge on any atom is 0.349 e. The first-order valence-electron chi connectivity index (χ1n) is 7.80. The molecule has 1 saturated heterocycles. The third kappa shape index (κ3) is 3.02. The molecule has 0 aliphatic carbocycles. The van der Waals surface area contributed by atoms with Crippen LogP contribution in [0.5, 0.6) is 0 Å². The summed E-state index contributed by atoms with van der Waals surface area (Å²) in [6, 6.07) is 10.0. The monoisotopic (exact) mass is 383 g/mol. The molecule has 1 aliphatic heterocycles. The molecule has 2 aromatic rings. The smallest absolute Gasteiger partial charge is 0.293 e. The largest absolute Gasteiger partial charge is 0.349 e. The minimum Gasteiger partial charge on any atom is -0.293 e. The fourth-order valence-electron chi connectivity index (χ4n) is 2.92. The van der Waals surface area contributed by atoms with Crippen molar-refractivity contribution >= 4 is 34.8 Å². The van der Waals surface area contributed by atoms with Gasteiger partial charge in [-0.3, -0.25) is 9.69 Å². The Labute approximate surface area is 155 Å². The van der Waals surface area contributed by atoms with Gasteiger partial charge in [0.25, 0.3) is 0 Å². The zero-order valence-electron chi connectivity index (χ0n) is 14.0. The van der Waals surface area contributed by atoms with E-state index in [0.717, 1.165) is 10.5 Å². The topological polar surface area (TPSA) is 20.3 Å². The summed E-state index contributed by atoms with van der Waals surface area (Å²) < 4.78 is 28.5. The molecule has 1 aliphatic rings. The minimum atomic E-state index is -3.47. The van der Waals surface area contributed by atoms with Crippen LogP contribution in [-0.4, -0.2) is 11.8 Å². The van der Waals surface area contributed by atoms with Gasteiger partial charge < -0.3 is 0 Å².